The summed E-state index contributed by atoms with van der Waals surface area (Å²) in [6, 6.07) is 11.9. The Labute approximate surface area is 316 Å². The summed E-state index contributed by atoms with van der Waals surface area (Å²) in [4.78, 5) is 47.6. The quantitative estimate of drug-likeness (QED) is 0.168. The van der Waals surface area contributed by atoms with E-state index in [9.17, 15) is 14.7 Å². The van der Waals surface area contributed by atoms with Crippen LogP contribution in [0.15, 0.2) is 73.8 Å². The van der Waals surface area contributed by atoms with Crippen molar-refractivity contribution in [3.05, 3.63) is 94.7 Å². The van der Waals surface area contributed by atoms with Crippen LogP contribution in [0.4, 0.5) is 23.0 Å². The van der Waals surface area contributed by atoms with Crippen LogP contribution in [0.3, 0.4) is 0 Å². The largest absolute Gasteiger partial charge is 0.481 e. The average Bonchev–Trinajstić information content (AvgIpc) is 3.98. The van der Waals surface area contributed by atoms with Crippen molar-refractivity contribution in [3.63, 3.8) is 0 Å². The molecule has 2 atom stereocenters. The van der Waals surface area contributed by atoms with Gasteiger partial charge in [0.05, 0.1) is 27.7 Å². The van der Waals surface area contributed by atoms with Gasteiger partial charge in [0.2, 0.25) is 5.91 Å². The number of hydrogen-bond acceptors (Lipinski definition) is 12. The normalized spacial score (nSPS) is 16.5. The number of nitrogens with one attached hydrogen (secondary N) is 2. The summed E-state index contributed by atoms with van der Waals surface area (Å²) in [6.07, 6.45) is 15.0. The Morgan fingerprint density at radius 2 is 1.24 bits per heavy atom. The molecule has 0 fully saturated rings. The Hall–Kier alpha value is -6.00. The topological polar surface area (TPSA) is 168 Å². The van der Waals surface area contributed by atoms with E-state index in [2.05, 4.69) is 40.8 Å². The highest BCUT2D eigenvalue weighted by atomic mass is 32.1. The number of thiophene rings is 2. The molecule has 0 aromatic carbocycles. The van der Waals surface area contributed by atoms with E-state index >= 15 is 0 Å². The van der Waals surface area contributed by atoms with Gasteiger partial charge in [-0.1, -0.05) is 0 Å². The van der Waals surface area contributed by atoms with E-state index < -0.39 is 5.97 Å². The first-order valence-corrected chi connectivity index (χ1v) is 19.3. The second kappa shape index (κ2) is 13.8. The lowest BCUT2D eigenvalue weighted by Crippen LogP contribution is -2.32. The summed E-state index contributed by atoms with van der Waals surface area (Å²) in [5.74, 6) is 0.843. The molecule has 0 saturated heterocycles. The molecule has 0 bridgehead atoms. The molecule has 8 aromatic rings. The lowest BCUT2D eigenvalue weighted by Gasteiger charge is -2.24. The molecule has 14 nitrogen and oxygen atoms in total. The second-order valence-electron chi connectivity index (χ2n) is 13.7. The van der Waals surface area contributed by atoms with Crippen LogP contribution in [0.5, 0.6) is 0 Å². The third kappa shape index (κ3) is 6.26. The van der Waals surface area contributed by atoms with E-state index in [1.807, 2.05) is 67.4 Å². The van der Waals surface area contributed by atoms with Crippen LogP contribution in [-0.2, 0) is 35.3 Å². The highest BCUT2D eigenvalue weighted by Crippen LogP contribution is 2.42. The number of carboxylic acid groups (broad SMARTS) is 1. The van der Waals surface area contributed by atoms with Gasteiger partial charge in [-0.05, 0) is 86.1 Å². The van der Waals surface area contributed by atoms with Crippen molar-refractivity contribution in [2.75, 3.05) is 24.7 Å². The highest BCUT2D eigenvalue weighted by molar-refractivity contribution is 7.19. The van der Waals surface area contributed by atoms with Gasteiger partial charge in [0, 0.05) is 65.9 Å². The molecular formula is C38H35N11O3S2. The molecule has 0 saturated carbocycles. The first-order chi connectivity index (χ1) is 26.3. The van der Waals surface area contributed by atoms with Crippen LogP contribution in [0, 0.1) is 11.8 Å². The van der Waals surface area contributed by atoms with E-state index in [0.717, 1.165) is 85.0 Å². The molecule has 2 aliphatic carbocycles. The van der Waals surface area contributed by atoms with Crippen LogP contribution in [-0.4, -0.2) is 75.1 Å². The summed E-state index contributed by atoms with van der Waals surface area (Å²) < 4.78 is 3.63. The number of rotatable bonds is 6. The fraction of sp³-hybridized carbons (Fsp3) is 0.263. The number of nitrogens with zero attached hydrogens (tertiary/aromatic N) is 9. The number of carboxylic acids is 1. The van der Waals surface area contributed by atoms with Gasteiger partial charge in [-0.2, -0.15) is 10.2 Å². The Bertz CT molecular complexity index is 2710. The van der Waals surface area contributed by atoms with Gasteiger partial charge < -0.3 is 20.6 Å². The minimum atomic E-state index is -0.716. The molecule has 0 aliphatic heterocycles. The molecule has 16 heteroatoms. The smallest absolute Gasteiger partial charge is 0.306 e. The molecule has 272 valence electrons. The van der Waals surface area contributed by atoms with Crippen molar-refractivity contribution in [2.45, 2.75) is 38.5 Å². The fourth-order valence-corrected chi connectivity index (χ4v) is 10.0. The number of pyridine rings is 2. The Kier molecular flexibility index (Phi) is 8.62. The van der Waals surface area contributed by atoms with Crippen LogP contribution in [0.2, 0.25) is 0 Å². The van der Waals surface area contributed by atoms with Gasteiger partial charge in [0.15, 0.2) is 0 Å². The van der Waals surface area contributed by atoms with Gasteiger partial charge in [0.25, 0.3) is 0 Å². The third-order valence-corrected chi connectivity index (χ3v) is 12.5. The summed E-state index contributed by atoms with van der Waals surface area (Å²) in [5, 5.41) is 26.7. The second-order valence-corrected chi connectivity index (χ2v) is 15.9. The molecule has 10 rings (SSSR count). The number of aryl methyl sites for hydroxylation is 2. The van der Waals surface area contributed by atoms with E-state index in [-0.39, 0.29) is 17.7 Å². The Morgan fingerprint density at radius 3 is 1.74 bits per heavy atom. The zero-order valence-corrected chi connectivity index (χ0v) is 31.1. The number of aromatic nitrogens is 8. The maximum Gasteiger partial charge on any atom is 0.306 e. The first kappa shape index (κ1) is 33.8. The molecule has 0 radical (unpaired) electrons. The van der Waals surface area contributed by atoms with Crippen molar-refractivity contribution in [1.29, 1.82) is 0 Å². The predicted molar refractivity (Wildman–Crippen MR) is 209 cm³/mol. The number of carbonyl (C=O) groups excluding carboxylic acids is 1. The molecule has 0 spiro atoms. The van der Waals surface area contributed by atoms with E-state index in [0.29, 0.717) is 12.8 Å². The molecule has 54 heavy (non-hydrogen) atoms. The number of amides is 1. The predicted octanol–water partition coefficient (Wildman–Crippen LogP) is 6.55. The monoisotopic (exact) mass is 757 g/mol. The van der Waals surface area contributed by atoms with Gasteiger partial charge >= 0.3 is 5.97 Å². The Morgan fingerprint density at radius 1 is 0.741 bits per heavy atom. The summed E-state index contributed by atoms with van der Waals surface area (Å²) in [6.45, 7) is 0. The number of hydrogen-bond donors (Lipinski definition) is 3. The summed E-state index contributed by atoms with van der Waals surface area (Å²) in [7, 11) is 3.65. The van der Waals surface area contributed by atoms with Gasteiger partial charge in [-0.25, -0.2) is 29.0 Å². The SMILES string of the molecule is CN(C)C(=O)[C@H]1CCc2c(sc3ncnc(Nc4ccn5nccc5c4)c23)C1.O=C(O)[C@H]1CCc2c(sc3ncnc(Nc4ccn5nccc5c4)c23)C1. The van der Waals surface area contributed by atoms with Crippen molar-refractivity contribution in [1.82, 2.24) is 44.1 Å². The maximum atomic E-state index is 12.4. The number of carbonyl (C=O) groups is 2. The molecule has 8 aromatic heterocycles. The summed E-state index contributed by atoms with van der Waals surface area (Å²) >= 11 is 3.27. The van der Waals surface area contributed by atoms with Crippen molar-refractivity contribution < 1.29 is 14.7 Å². The lowest BCUT2D eigenvalue weighted by atomic mass is 9.87. The van der Waals surface area contributed by atoms with E-state index in [4.69, 9.17) is 0 Å². The molecule has 0 unspecified atom stereocenters. The minimum absolute atomic E-state index is 0.0594. The lowest BCUT2D eigenvalue weighted by molar-refractivity contribution is -0.142. The van der Waals surface area contributed by atoms with Gasteiger partial charge in [0.1, 0.15) is 34.0 Å². The zero-order chi connectivity index (χ0) is 36.9. The van der Waals surface area contributed by atoms with Crippen LogP contribution >= 0.6 is 22.7 Å². The van der Waals surface area contributed by atoms with Crippen molar-refractivity contribution in [2.24, 2.45) is 11.8 Å². The highest BCUT2D eigenvalue weighted by Gasteiger charge is 2.31. The molecule has 2 aliphatic rings. The van der Waals surface area contributed by atoms with Crippen molar-refractivity contribution in [3.8, 4) is 0 Å². The van der Waals surface area contributed by atoms with E-state index in [1.165, 1.54) is 16.0 Å². The number of fused-ring (bicyclic) bond motifs is 8. The van der Waals surface area contributed by atoms with Crippen LogP contribution in [0.1, 0.15) is 33.7 Å². The molecule has 8 heterocycles. The maximum absolute atomic E-state index is 12.4. The van der Waals surface area contributed by atoms with E-state index in [1.54, 1.807) is 57.1 Å². The van der Waals surface area contributed by atoms with Gasteiger partial charge in [-0.15, -0.1) is 22.7 Å². The third-order valence-electron chi connectivity index (χ3n) is 10.2. The molecular weight excluding hydrogens is 723 g/mol. The molecule has 3 N–H and O–H groups in total. The summed E-state index contributed by atoms with van der Waals surface area (Å²) in [5.41, 5.74) is 6.39. The van der Waals surface area contributed by atoms with Crippen molar-refractivity contribution >= 4 is 89.0 Å². The minimum Gasteiger partial charge on any atom is -0.481 e. The molecule has 1 amide bonds. The van der Waals surface area contributed by atoms with Crippen LogP contribution < -0.4 is 10.6 Å². The number of anilines is 4. The fourth-order valence-electron chi connectivity index (χ4n) is 7.47. The zero-order valence-electron chi connectivity index (χ0n) is 29.4. The standard InChI is InChI=1S/C20H20N6OS.C18H15N5O2S/c1-25(2)20(27)12-3-4-15-16(9-12)28-19-17(15)18(21-11-22-19)24-13-6-8-26-14(10-13)5-7-23-26;24-18(25)10-1-2-13-14(7-10)26-17-15(13)16(19-9-20-17)22-11-4-6-23-12(8-11)3-5-21-23/h5-8,10-12H,3-4,9H2,1-2H3,(H,21,22,24);3-6,8-10H,1-2,7H2,(H,24,25)(H,19,20,22)/t12-;10-/m00/s1. The van der Waals surface area contributed by atoms with Gasteiger partial charge in [-0.3, -0.25) is 9.59 Å². The number of aliphatic carboxylic acids is 1. The van der Waals surface area contributed by atoms with Crippen LogP contribution in [0.25, 0.3) is 31.5 Å². The average molecular weight is 758 g/mol. The Balaban J connectivity index is 0.000000143. The first-order valence-electron chi connectivity index (χ1n) is 17.6.